The zero-order chi connectivity index (χ0) is 14.0. The van der Waals surface area contributed by atoms with E-state index in [1.165, 1.54) is 49.3 Å². The van der Waals surface area contributed by atoms with Crippen molar-refractivity contribution in [3.8, 4) is 0 Å². The molecule has 2 aromatic rings. The van der Waals surface area contributed by atoms with Crippen LogP contribution < -0.4 is 5.73 Å². The Labute approximate surface area is 125 Å². The van der Waals surface area contributed by atoms with Gasteiger partial charge in [-0.05, 0) is 78.5 Å². The summed E-state index contributed by atoms with van der Waals surface area (Å²) in [6.45, 7) is 0. The third kappa shape index (κ3) is 1.52. The lowest BCUT2D eigenvalue weighted by Crippen LogP contribution is -2.35. The van der Waals surface area contributed by atoms with Gasteiger partial charge in [-0.3, -0.25) is 0 Å². The number of benzene rings is 2. The second-order valence-corrected chi connectivity index (χ2v) is 7.30. The number of nitrogens with two attached hydrogens (primary N) is 1. The molecule has 0 aliphatic heterocycles. The molecular weight excluding hydrogens is 254 g/mol. The molecule has 0 amide bonds. The summed E-state index contributed by atoms with van der Waals surface area (Å²) in [6, 6.07) is 11.3. The van der Waals surface area contributed by atoms with Crippen LogP contribution in [-0.4, -0.2) is 0 Å². The van der Waals surface area contributed by atoms with Crippen molar-refractivity contribution in [2.45, 2.75) is 43.9 Å². The van der Waals surface area contributed by atoms with Gasteiger partial charge in [-0.1, -0.05) is 29.8 Å². The Kier molecular flexibility index (Phi) is 2.21. The molecule has 3 aliphatic rings. The first-order valence-electron chi connectivity index (χ1n) is 8.25. The minimum atomic E-state index is 0.455. The average Bonchev–Trinajstić information content (AvgIpc) is 3.07. The van der Waals surface area contributed by atoms with Gasteiger partial charge in [0.15, 0.2) is 0 Å². The lowest BCUT2D eigenvalue weighted by atomic mass is 9.62. The molecule has 2 atom stereocenters. The maximum absolute atomic E-state index is 6.00. The highest BCUT2D eigenvalue weighted by molar-refractivity contribution is 5.87. The number of nitrogen functional groups attached to an aromatic ring is 1. The molecule has 0 saturated heterocycles. The number of rotatable bonds is 0. The molecule has 2 bridgehead atoms. The zero-order valence-electron chi connectivity index (χ0n) is 12.4. The minimum Gasteiger partial charge on any atom is -0.399 e. The van der Waals surface area contributed by atoms with E-state index in [0.29, 0.717) is 5.41 Å². The van der Waals surface area contributed by atoms with Crippen molar-refractivity contribution < 1.29 is 0 Å². The van der Waals surface area contributed by atoms with E-state index in [-0.39, 0.29) is 0 Å². The van der Waals surface area contributed by atoms with Crippen LogP contribution in [0.4, 0.5) is 5.69 Å². The fraction of sp³-hybridized carbons (Fsp3) is 0.400. The van der Waals surface area contributed by atoms with Crippen LogP contribution in [0.15, 0.2) is 42.0 Å². The van der Waals surface area contributed by atoms with Crippen LogP contribution >= 0.6 is 0 Å². The first-order valence-corrected chi connectivity index (χ1v) is 8.25. The zero-order valence-corrected chi connectivity index (χ0v) is 12.4. The lowest BCUT2D eigenvalue weighted by molar-refractivity contribution is 0.270. The van der Waals surface area contributed by atoms with Crippen molar-refractivity contribution >= 4 is 16.5 Å². The van der Waals surface area contributed by atoms with Gasteiger partial charge in [-0.25, -0.2) is 0 Å². The second kappa shape index (κ2) is 3.91. The van der Waals surface area contributed by atoms with Crippen molar-refractivity contribution in [2.75, 3.05) is 5.73 Å². The summed E-state index contributed by atoms with van der Waals surface area (Å²) in [5, 5.41) is 2.68. The number of hydrogen-bond acceptors (Lipinski definition) is 1. The SMILES string of the molecule is Nc1ccc2cc3c(cc2c1)C1(CCC3)CC2=CCC1C2. The molecule has 1 nitrogen and oxygen atoms in total. The van der Waals surface area contributed by atoms with E-state index < -0.39 is 0 Å². The standard InChI is InChI=1S/C20H21N/c21-18-6-4-14-9-15-2-1-7-20(19(15)11-16(14)10-18)12-13-3-5-17(20)8-13/h3-4,6,9-11,17H,1-2,5,7-8,12,21H2. The Morgan fingerprint density at radius 1 is 1.10 bits per heavy atom. The molecule has 2 unspecified atom stereocenters. The smallest absolute Gasteiger partial charge is 0.0320 e. The normalized spacial score (nSPS) is 29.9. The second-order valence-electron chi connectivity index (χ2n) is 7.30. The van der Waals surface area contributed by atoms with E-state index in [2.05, 4.69) is 30.3 Å². The van der Waals surface area contributed by atoms with Crippen LogP contribution in [-0.2, 0) is 11.8 Å². The van der Waals surface area contributed by atoms with Crippen molar-refractivity contribution in [3.63, 3.8) is 0 Å². The van der Waals surface area contributed by atoms with Crippen LogP contribution in [0.2, 0.25) is 0 Å². The quantitative estimate of drug-likeness (QED) is 0.545. The molecule has 1 spiro atoms. The van der Waals surface area contributed by atoms with E-state index in [0.717, 1.165) is 11.6 Å². The highest BCUT2D eigenvalue weighted by atomic mass is 14.5. The minimum absolute atomic E-state index is 0.455. The number of fused-ring (bicyclic) bond motifs is 6. The maximum Gasteiger partial charge on any atom is 0.0320 e. The number of hydrogen-bond donors (Lipinski definition) is 1. The van der Waals surface area contributed by atoms with E-state index in [4.69, 9.17) is 5.73 Å². The first-order chi connectivity index (χ1) is 10.2. The highest BCUT2D eigenvalue weighted by Crippen LogP contribution is 2.58. The predicted molar refractivity (Wildman–Crippen MR) is 88.4 cm³/mol. The summed E-state index contributed by atoms with van der Waals surface area (Å²) in [5.41, 5.74) is 12.3. The topological polar surface area (TPSA) is 26.0 Å². The molecule has 0 radical (unpaired) electrons. The molecule has 0 heterocycles. The Morgan fingerprint density at radius 2 is 2.05 bits per heavy atom. The van der Waals surface area contributed by atoms with Gasteiger partial charge < -0.3 is 5.73 Å². The van der Waals surface area contributed by atoms with Crippen LogP contribution in [0, 0.1) is 5.92 Å². The molecule has 1 heteroatoms. The maximum atomic E-state index is 6.00. The Bertz CT molecular complexity index is 786. The fourth-order valence-electron chi connectivity index (χ4n) is 5.28. The molecule has 21 heavy (non-hydrogen) atoms. The Balaban J connectivity index is 1.76. The predicted octanol–water partition coefficient (Wildman–Crippen LogP) is 4.74. The highest BCUT2D eigenvalue weighted by Gasteiger charge is 2.49. The summed E-state index contributed by atoms with van der Waals surface area (Å²) < 4.78 is 0. The Hall–Kier alpha value is -1.76. The first kappa shape index (κ1) is 11.9. The van der Waals surface area contributed by atoms with Gasteiger partial charge in [0, 0.05) is 11.1 Å². The number of allylic oxidation sites excluding steroid dienone is 2. The van der Waals surface area contributed by atoms with Crippen LogP contribution in [0.1, 0.15) is 43.2 Å². The third-order valence-corrected chi connectivity index (χ3v) is 6.22. The average molecular weight is 275 g/mol. The van der Waals surface area contributed by atoms with Gasteiger partial charge in [-0.2, -0.15) is 0 Å². The molecule has 2 aromatic carbocycles. The van der Waals surface area contributed by atoms with E-state index in [9.17, 15) is 0 Å². The molecular formula is C20H21N. The summed E-state index contributed by atoms with van der Waals surface area (Å²) in [5.74, 6) is 0.866. The molecule has 2 N–H and O–H groups in total. The molecule has 1 saturated carbocycles. The number of anilines is 1. The van der Waals surface area contributed by atoms with E-state index in [1.54, 1.807) is 16.7 Å². The largest absolute Gasteiger partial charge is 0.399 e. The molecule has 106 valence electrons. The summed E-state index contributed by atoms with van der Waals surface area (Å²) in [4.78, 5) is 0. The van der Waals surface area contributed by atoms with E-state index >= 15 is 0 Å². The molecule has 0 aromatic heterocycles. The Morgan fingerprint density at radius 3 is 2.86 bits per heavy atom. The lowest BCUT2D eigenvalue weighted by Gasteiger charge is -2.41. The van der Waals surface area contributed by atoms with Crippen LogP contribution in [0.25, 0.3) is 10.8 Å². The van der Waals surface area contributed by atoms with Crippen molar-refractivity contribution in [1.82, 2.24) is 0 Å². The summed E-state index contributed by atoms with van der Waals surface area (Å²) in [6.07, 6.45) is 10.5. The van der Waals surface area contributed by atoms with Crippen molar-refractivity contribution in [1.29, 1.82) is 0 Å². The van der Waals surface area contributed by atoms with E-state index in [1.807, 2.05) is 6.07 Å². The number of aryl methyl sites for hydroxylation is 1. The monoisotopic (exact) mass is 275 g/mol. The fourth-order valence-corrected chi connectivity index (χ4v) is 5.28. The summed E-state index contributed by atoms with van der Waals surface area (Å²) in [7, 11) is 0. The third-order valence-electron chi connectivity index (χ3n) is 6.22. The molecule has 1 fully saturated rings. The van der Waals surface area contributed by atoms with Gasteiger partial charge in [0.05, 0.1) is 0 Å². The van der Waals surface area contributed by atoms with Gasteiger partial charge in [0.2, 0.25) is 0 Å². The van der Waals surface area contributed by atoms with Gasteiger partial charge >= 0.3 is 0 Å². The van der Waals surface area contributed by atoms with Crippen LogP contribution in [0.3, 0.4) is 0 Å². The molecule has 3 aliphatic carbocycles. The van der Waals surface area contributed by atoms with Crippen molar-refractivity contribution in [3.05, 3.63) is 53.1 Å². The van der Waals surface area contributed by atoms with Crippen LogP contribution in [0.5, 0.6) is 0 Å². The van der Waals surface area contributed by atoms with Gasteiger partial charge in [0.1, 0.15) is 0 Å². The summed E-state index contributed by atoms with van der Waals surface area (Å²) >= 11 is 0. The van der Waals surface area contributed by atoms with Gasteiger partial charge in [0.25, 0.3) is 0 Å². The van der Waals surface area contributed by atoms with Gasteiger partial charge in [-0.15, -0.1) is 0 Å². The molecule has 5 rings (SSSR count). The van der Waals surface area contributed by atoms with Crippen molar-refractivity contribution in [2.24, 2.45) is 5.92 Å².